The molecule has 0 aliphatic rings. The Morgan fingerprint density at radius 2 is 1.53 bits per heavy atom. The number of rotatable bonds is 5. The highest BCUT2D eigenvalue weighted by Gasteiger charge is 2.27. The summed E-state index contributed by atoms with van der Waals surface area (Å²) in [4.78, 5) is 26.1. The maximum absolute atomic E-state index is 12.3. The molecule has 0 radical (unpaired) electrons. The van der Waals surface area contributed by atoms with Gasteiger partial charge in [-0.15, -0.1) is 0 Å². The average molecular weight is 261 g/mol. The molecule has 19 heavy (non-hydrogen) atoms. The van der Waals surface area contributed by atoms with Gasteiger partial charge in [-0.1, -0.05) is 51.1 Å². The van der Waals surface area contributed by atoms with Crippen molar-refractivity contribution < 1.29 is 9.59 Å². The van der Waals surface area contributed by atoms with Crippen LogP contribution in [0.4, 0.5) is 0 Å². The zero-order chi connectivity index (χ0) is 14.6. The topological polar surface area (TPSA) is 37.4 Å². The third-order valence-corrected chi connectivity index (χ3v) is 3.76. The molecule has 3 nitrogen and oxygen atoms in total. The molecule has 0 heterocycles. The molecule has 1 rings (SSSR count). The third-order valence-electron chi connectivity index (χ3n) is 3.76. The lowest BCUT2D eigenvalue weighted by molar-refractivity contribution is -0.136. The van der Waals surface area contributed by atoms with Crippen molar-refractivity contribution >= 4 is 11.7 Å². The van der Waals surface area contributed by atoms with E-state index in [9.17, 15) is 9.59 Å². The molecule has 0 aliphatic carbocycles. The van der Waals surface area contributed by atoms with E-state index in [-0.39, 0.29) is 23.5 Å². The summed E-state index contributed by atoms with van der Waals surface area (Å²) in [6, 6.07) is 8.66. The van der Waals surface area contributed by atoms with Crippen LogP contribution in [0.5, 0.6) is 0 Å². The van der Waals surface area contributed by atoms with Crippen LogP contribution in [0, 0.1) is 11.8 Å². The largest absolute Gasteiger partial charge is 0.335 e. The lowest BCUT2D eigenvalue weighted by Gasteiger charge is -2.28. The summed E-state index contributed by atoms with van der Waals surface area (Å²) in [5.74, 6) is 0.198. The Kier molecular flexibility index (Phi) is 5.28. The van der Waals surface area contributed by atoms with E-state index in [0.29, 0.717) is 5.56 Å². The minimum absolute atomic E-state index is 0.0202. The number of hydrogen-bond donors (Lipinski definition) is 0. The lowest BCUT2D eigenvalue weighted by Crippen LogP contribution is -2.43. The zero-order valence-electron chi connectivity index (χ0n) is 12.4. The molecule has 0 aliphatic heterocycles. The van der Waals surface area contributed by atoms with E-state index in [0.717, 1.165) is 0 Å². The Hall–Kier alpha value is -1.64. The predicted molar refractivity (Wildman–Crippen MR) is 77.0 cm³/mol. The molecule has 0 spiro atoms. The molecule has 1 aromatic rings. The van der Waals surface area contributed by atoms with Crippen LogP contribution >= 0.6 is 0 Å². The Balaban J connectivity index is 2.80. The first kappa shape index (κ1) is 15.4. The predicted octanol–water partition coefficient (Wildman–Crippen LogP) is 3.01. The first-order valence-corrected chi connectivity index (χ1v) is 6.72. The van der Waals surface area contributed by atoms with Gasteiger partial charge >= 0.3 is 0 Å². The molecule has 0 aromatic heterocycles. The SMILES string of the molecule is CC(C)[C@H](C)C(=O)N(C)[C@@H](C)C(=O)c1ccccc1. The van der Waals surface area contributed by atoms with E-state index in [1.165, 1.54) is 0 Å². The van der Waals surface area contributed by atoms with E-state index in [1.807, 2.05) is 39.0 Å². The molecule has 1 amide bonds. The second-order valence-corrected chi connectivity index (χ2v) is 5.39. The highest BCUT2D eigenvalue weighted by molar-refractivity contribution is 6.01. The van der Waals surface area contributed by atoms with Crippen molar-refractivity contribution in [2.24, 2.45) is 11.8 Å². The summed E-state index contributed by atoms with van der Waals surface area (Å²) in [5, 5.41) is 0. The average Bonchev–Trinajstić information content (AvgIpc) is 2.44. The van der Waals surface area contributed by atoms with Crippen LogP contribution in [-0.4, -0.2) is 29.7 Å². The molecule has 0 N–H and O–H groups in total. The molecule has 0 bridgehead atoms. The molecule has 0 fully saturated rings. The molecule has 0 saturated heterocycles. The van der Waals surface area contributed by atoms with E-state index in [4.69, 9.17) is 0 Å². The fourth-order valence-corrected chi connectivity index (χ4v) is 1.82. The molecular formula is C16H23NO2. The summed E-state index contributed by atoms with van der Waals surface area (Å²) in [6.45, 7) is 7.71. The Labute approximate surface area is 115 Å². The Bertz CT molecular complexity index is 439. The van der Waals surface area contributed by atoms with Crippen molar-refractivity contribution in [1.29, 1.82) is 0 Å². The minimum atomic E-state index is -0.434. The van der Waals surface area contributed by atoms with Gasteiger partial charge in [0.05, 0.1) is 6.04 Å². The van der Waals surface area contributed by atoms with E-state index < -0.39 is 6.04 Å². The van der Waals surface area contributed by atoms with Crippen LogP contribution in [0.1, 0.15) is 38.1 Å². The molecule has 1 aromatic carbocycles. The van der Waals surface area contributed by atoms with Crippen LogP contribution in [-0.2, 0) is 4.79 Å². The Morgan fingerprint density at radius 1 is 1.00 bits per heavy atom. The molecule has 2 atom stereocenters. The maximum atomic E-state index is 12.3. The van der Waals surface area contributed by atoms with Gasteiger partial charge in [0, 0.05) is 18.5 Å². The van der Waals surface area contributed by atoms with E-state index in [2.05, 4.69) is 0 Å². The van der Waals surface area contributed by atoms with Crippen LogP contribution in [0.25, 0.3) is 0 Å². The second kappa shape index (κ2) is 6.50. The number of nitrogens with zero attached hydrogens (tertiary/aromatic N) is 1. The smallest absolute Gasteiger partial charge is 0.226 e. The molecular weight excluding hydrogens is 238 g/mol. The minimum Gasteiger partial charge on any atom is -0.335 e. The normalized spacial score (nSPS) is 14.0. The number of benzene rings is 1. The van der Waals surface area contributed by atoms with Crippen LogP contribution < -0.4 is 0 Å². The summed E-state index contributed by atoms with van der Waals surface area (Å²) in [5.41, 5.74) is 0.645. The van der Waals surface area contributed by atoms with Gasteiger partial charge in [0.1, 0.15) is 0 Å². The van der Waals surface area contributed by atoms with Crippen molar-refractivity contribution in [3.63, 3.8) is 0 Å². The number of carbonyl (C=O) groups excluding carboxylic acids is 2. The quantitative estimate of drug-likeness (QED) is 0.764. The highest BCUT2D eigenvalue weighted by Crippen LogP contribution is 2.16. The summed E-state index contributed by atoms with van der Waals surface area (Å²) < 4.78 is 0. The third kappa shape index (κ3) is 3.66. The van der Waals surface area contributed by atoms with Crippen LogP contribution in [0.2, 0.25) is 0 Å². The van der Waals surface area contributed by atoms with Gasteiger partial charge in [0.25, 0.3) is 0 Å². The summed E-state index contributed by atoms with van der Waals surface area (Å²) in [6.07, 6.45) is 0. The summed E-state index contributed by atoms with van der Waals surface area (Å²) >= 11 is 0. The van der Waals surface area contributed by atoms with Crippen molar-refractivity contribution in [3.8, 4) is 0 Å². The molecule has 104 valence electrons. The van der Waals surface area contributed by atoms with Crippen molar-refractivity contribution in [2.45, 2.75) is 33.7 Å². The van der Waals surface area contributed by atoms with Crippen LogP contribution in [0.15, 0.2) is 30.3 Å². The van der Waals surface area contributed by atoms with Crippen molar-refractivity contribution in [2.75, 3.05) is 7.05 Å². The molecule has 0 unspecified atom stereocenters. The highest BCUT2D eigenvalue weighted by atomic mass is 16.2. The zero-order valence-corrected chi connectivity index (χ0v) is 12.4. The first-order valence-electron chi connectivity index (χ1n) is 6.72. The standard InChI is InChI=1S/C16H23NO2/c1-11(2)12(3)16(19)17(5)13(4)15(18)14-9-7-6-8-10-14/h6-13H,1-5H3/t12-,13-/m0/s1. The number of hydrogen-bond acceptors (Lipinski definition) is 2. The number of Topliss-reactive ketones (excluding diaryl/α,β-unsaturated/α-hetero) is 1. The fourth-order valence-electron chi connectivity index (χ4n) is 1.82. The number of amides is 1. The Morgan fingerprint density at radius 3 is 2.00 bits per heavy atom. The lowest BCUT2D eigenvalue weighted by atomic mass is 9.95. The maximum Gasteiger partial charge on any atom is 0.226 e. The number of ketones is 1. The van der Waals surface area contributed by atoms with Crippen molar-refractivity contribution in [1.82, 2.24) is 4.90 Å². The second-order valence-electron chi connectivity index (χ2n) is 5.39. The van der Waals surface area contributed by atoms with E-state index in [1.54, 1.807) is 31.0 Å². The van der Waals surface area contributed by atoms with Crippen LogP contribution in [0.3, 0.4) is 0 Å². The van der Waals surface area contributed by atoms with Gasteiger partial charge in [-0.2, -0.15) is 0 Å². The molecule has 3 heteroatoms. The van der Waals surface area contributed by atoms with E-state index >= 15 is 0 Å². The monoisotopic (exact) mass is 261 g/mol. The van der Waals surface area contributed by atoms with Crippen molar-refractivity contribution in [3.05, 3.63) is 35.9 Å². The molecule has 0 saturated carbocycles. The number of carbonyl (C=O) groups is 2. The first-order chi connectivity index (χ1) is 8.86. The summed E-state index contributed by atoms with van der Waals surface area (Å²) in [7, 11) is 1.70. The number of likely N-dealkylation sites (N-methyl/N-ethyl adjacent to an activating group) is 1. The van der Waals surface area contributed by atoms with Gasteiger partial charge in [-0.05, 0) is 12.8 Å². The van der Waals surface area contributed by atoms with Gasteiger partial charge in [0.2, 0.25) is 5.91 Å². The van der Waals surface area contributed by atoms with Gasteiger partial charge in [-0.3, -0.25) is 9.59 Å². The fraction of sp³-hybridized carbons (Fsp3) is 0.500. The van der Waals surface area contributed by atoms with Gasteiger partial charge < -0.3 is 4.90 Å². The van der Waals surface area contributed by atoms with Gasteiger partial charge in [-0.25, -0.2) is 0 Å². The van der Waals surface area contributed by atoms with Gasteiger partial charge in [0.15, 0.2) is 5.78 Å².